The summed E-state index contributed by atoms with van der Waals surface area (Å²) in [5.74, 6) is -0.603. The molecule has 0 aliphatic rings. The number of benzene rings is 1. The van der Waals surface area contributed by atoms with E-state index in [0.717, 1.165) is 24.3 Å². The quantitative estimate of drug-likeness (QED) is 0.320. The number of hydrogen-bond acceptors (Lipinski definition) is 3. The second kappa shape index (κ2) is 4.27. The Hall–Kier alpha value is -2.04. The van der Waals surface area contributed by atoms with E-state index in [2.05, 4.69) is 0 Å². The van der Waals surface area contributed by atoms with Crippen LogP contribution in [0.5, 0.6) is 0 Å². The van der Waals surface area contributed by atoms with Crippen molar-refractivity contribution < 1.29 is 14.1 Å². The number of nitrogens with zero attached hydrogens (tertiary/aromatic N) is 1. The van der Waals surface area contributed by atoms with Gasteiger partial charge in [-0.25, -0.2) is 4.39 Å². The summed E-state index contributed by atoms with van der Waals surface area (Å²) in [5.41, 5.74) is -0.191. The van der Waals surface area contributed by atoms with Gasteiger partial charge in [0.15, 0.2) is 0 Å². The number of nitro groups is 1. The average Bonchev–Trinajstić information content (AvgIpc) is 2.16. The highest BCUT2D eigenvalue weighted by Crippen LogP contribution is 2.17. The van der Waals surface area contributed by atoms with Crippen LogP contribution < -0.4 is 0 Å². The van der Waals surface area contributed by atoms with Crippen molar-refractivity contribution in [3.8, 4) is 0 Å². The molecule has 1 rings (SSSR count). The summed E-state index contributed by atoms with van der Waals surface area (Å²) in [6.07, 6.45) is 2.72. The van der Waals surface area contributed by atoms with Crippen LogP contribution in [0, 0.1) is 15.9 Å². The van der Waals surface area contributed by atoms with E-state index in [4.69, 9.17) is 0 Å². The van der Waals surface area contributed by atoms with Crippen molar-refractivity contribution in [2.24, 2.45) is 0 Å². The molecule has 1 aromatic rings. The van der Waals surface area contributed by atoms with Gasteiger partial charge in [0.2, 0.25) is 0 Å². The lowest BCUT2D eigenvalue weighted by Gasteiger charge is -1.95. The van der Waals surface area contributed by atoms with Crippen LogP contribution in [0.3, 0.4) is 0 Å². The van der Waals surface area contributed by atoms with Crippen molar-refractivity contribution in [1.29, 1.82) is 0 Å². The molecule has 72 valence electrons. The van der Waals surface area contributed by atoms with Crippen molar-refractivity contribution in [3.63, 3.8) is 0 Å². The van der Waals surface area contributed by atoms with Crippen molar-refractivity contribution in [2.45, 2.75) is 0 Å². The second-order valence-electron chi connectivity index (χ2n) is 2.46. The molecule has 5 heteroatoms. The maximum Gasteiger partial charge on any atom is 0.270 e. The fourth-order valence-corrected chi connectivity index (χ4v) is 0.915. The van der Waals surface area contributed by atoms with Crippen LogP contribution in [0.15, 0.2) is 24.3 Å². The zero-order valence-electron chi connectivity index (χ0n) is 7.01. The Morgan fingerprint density at radius 2 is 2.14 bits per heavy atom. The lowest BCUT2D eigenvalue weighted by molar-refractivity contribution is -0.384. The highest BCUT2D eigenvalue weighted by Gasteiger charge is 2.08. The topological polar surface area (TPSA) is 60.2 Å². The van der Waals surface area contributed by atoms with E-state index >= 15 is 0 Å². The van der Waals surface area contributed by atoms with Crippen molar-refractivity contribution in [1.82, 2.24) is 0 Å². The van der Waals surface area contributed by atoms with E-state index in [0.29, 0.717) is 6.29 Å². The number of halogens is 1. The van der Waals surface area contributed by atoms with Gasteiger partial charge in [-0.1, -0.05) is 0 Å². The molecule has 0 N–H and O–H groups in total. The zero-order valence-corrected chi connectivity index (χ0v) is 7.01. The van der Waals surface area contributed by atoms with Gasteiger partial charge < -0.3 is 0 Å². The maximum atomic E-state index is 13.0. The molecule has 0 unspecified atom stereocenters. The SMILES string of the molecule is O=C/C=C/c1cc([N+](=O)[O-])ccc1F. The van der Waals surface area contributed by atoms with E-state index in [1.54, 1.807) is 0 Å². The number of rotatable bonds is 3. The fourth-order valence-electron chi connectivity index (χ4n) is 0.915. The largest absolute Gasteiger partial charge is 0.299 e. The van der Waals surface area contributed by atoms with Gasteiger partial charge in [0.05, 0.1) is 4.92 Å². The molecule has 0 spiro atoms. The third-order valence-corrected chi connectivity index (χ3v) is 1.54. The van der Waals surface area contributed by atoms with Crippen LogP contribution in [0.1, 0.15) is 5.56 Å². The van der Waals surface area contributed by atoms with Crippen LogP contribution >= 0.6 is 0 Å². The first-order valence-corrected chi connectivity index (χ1v) is 3.71. The van der Waals surface area contributed by atoms with Gasteiger partial charge in [-0.3, -0.25) is 14.9 Å². The Bertz CT molecular complexity index is 401. The van der Waals surface area contributed by atoms with Gasteiger partial charge in [-0.05, 0) is 18.2 Å². The average molecular weight is 195 g/mol. The minimum absolute atomic E-state index is 0.0197. The van der Waals surface area contributed by atoms with Crippen LogP contribution in [0.25, 0.3) is 6.08 Å². The molecule has 0 aliphatic heterocycles. The van der Waals surface area contributed by atoms with E-state index in [1.165, 1.54) is 6.08 Å². The number of nitro benzene ring substituents is 1. The Kier molecular flexibility index (Phi) is 3.06. The van der Waals surface area contributed by atoms with Crippen LogP contribution in [-0.4, -0.2) is 11.2 Å². The second-order valence-corrected chi connectivity index (χ2v) is 2.46. The standard InChI is InChI=1S/C9H6FNO3/c10-9-4-3-8(11(13)14)6-7(9)2-1-5-12/h1-6H/b2-1+. The Morgan fingerprint density at radius 3 is 2.71 bits per heavy atom. The van der Waals surface area contributed by atoms with Gasteiger partial charge in [-0.15, -0.1) is 0 Å². The van der Waals surface area contributed by atoms with E-state index in [9.17, 15) is 19.3 Å². The molecular weight excluding hydrogens is 189 g/mol. The first-order chi connectivity index (χ1) is 6.65. The highest BCUT2D eigenvalue weighted by molar-refractivity contribution is 5.74. The number of non-ortho nitro benzene ring substituents is 1. The monoisotopic (exact) mass is 195 g/mol. The van der Waals surface area contributed by atoms with E-state index in [1.807, 2.05) is 0 Å². The summed E-state index contributed by atoms with van der Waals surface area (Å²) in [5, 5.41) is 10.3. The molecule has 0 fully saturated rings. The Labute approximate surface area is 78.8 Å². The first-order valence-electron chi connectivity index (χ1n) is 3.71. The molecule has 0 bridgehead atoms. The van der Waals surface area contributed by atoms with Crippen LogP contribution in [0.2, 0.25) is 0 Å². The van der Waals surface area contributed by atoms with Crippen molar-refractivity contribution in [2.75, 3.05) is 0 Å². The van der Waals surface area contributed by atoms with Gasteiger partial charge in [0.1, 0.15) is 12.1 Å². The van der Waals surface area contributed by atoms with Gasteiger partial charge in [-0.2, -0.15) is 0 Å². The normalized spacial score (nSPS) is 10.4. The molecule has 0 aliphatic carbocycles. The van der Waals surface area contributed by atoms with Gasteiger partial charge in [0.25, 0.3) is 5.69 Å². The number of hydrogen-bond donors (Lipinski definition) is 0. The van der Waals surface area contributed by atoms with Crippen molar-refractivity contribution >= 4 is 18.0 Å². The highest BCUT2D eigenvalue weighted by atomic mass is 19.1. The van der Waals surface area contributed by atoms with Gasteiger partial charge >= 0.3 is 0 Å². The molecule has 4 nitrogen and oxygen atoms in total. The van der Waals surface area contributed by atoms with Crippen LogP contribution in [-0.2, 0) is 4.79 Å². The molecule has 0 amide bonds. The Balaban J connectivity index is 3.14. The minimum Gasteiger partial charge on any atom is -0.299 e. The summed E-state index contributed by atoms with van der Waals surface area (Å²) in [6.45, 7) is 0. The summed E-state index contributed by atoms with van der Waals surface area (Å²) >= 11 is 0. The zero-order chi connectivity index (χ0) is 10.6. The smallest absolute Gasteiger partial charge is 0.270 e. The van der Waals surface area contributed by atoms with E-state index < -0.39 is 10.7 Å². The number of aldehydes is 1. The third-order valence-electron chi connectivity index (χ3n) is 1.54. The lowest BCUT2D eigenvalue weighted by Crippen LogP contribution is -1.90. The molecule has 0 atom stereocenters. The molecular formula is C9H6FNO3. The minimum atomic E-state index is -0.627. The lowest BCUT2D eigenvalue weighted by atomic mass is 10.2. The fraction of sp³-hybridized carbons (Fsp3) is 0. The molecule has 1 aromatic carbocycles. The summed E-state index contributed by atoms with van der Waals surface area (Å²) < 4.78 is 13.0. The predicted octanol–water partition coefficient (Wildman–Crippen LogP) is 1.95. The number of allylic oxidation sites excluding steroid dienone is 1. The van der Waals surface area contributed by atoms with Gasteiger partial charge in [0, 0.05) is 17.7 Å². The molecule has 0 saturated heterocycles. The molecule has 0 saturated carbocycles. The molecule has 14 heavy (non-hydrogen) atoms. The number of carbonyl (C=O) groups excluding carboxylic acids is 1. The molecule has 0 heterocycles. The summed E-state index contributed by atoms with van der Waals surface area (Å²) in [6, 6.07) is 3.12. The number of carbonyl (C=O) groups is 1. The Morgan fingerprint density at radius 1 is 1.43 bits per heavy atom. The third kappa shape index (κ3) is 2.22. The summed E-state index contributed by atoms with van der Waals surface area (Å²) in [4.78, 5) is 19.7. The molecule has 0 radical (unpaired) electrons. The summed E-state index contributed by atoms with van der Waals surface area (Å²) in [7, 11) is 0. The maximum absolute atomic E-state index is 13.0. The van der Waals surface area contributed by atoms with E-state index in [-0.39, 0.29) is 11.3 Å². The van der Waals surface area contributed by atoms with Crippen LogP contribution in [0.4, 0.5) is 10.1 Å². The predicted molar refractivity (Wildman–Crippen MR) is 48.2 cm³/mol. The first kappa shape index (κ1) is 10.0. The van der Waals surface area contributed by atoms with Crippen molar-refractivity contribution in [3.05, 3.63) is 45.8 Å². The molecule has 0 aromatic heterocycles.